The summed E-state index contributed by atoms with van der Waals surface area (Å²) in [6, 6.07) is 10.6. The number of carbonyl (C=O) groups is 1. The van der Waals surface area contributed by atoms with Gasteiger partial charge in [0, 0.05) is 24.2 Å². The fourth-order valence-electron chi connectivity index (χ4n) is 2.37. The molecule has 0 fully saturated rings. The average molecular weight is 296 g/mol. The number of aromatic nitrogens is 1. The molecular weight excluding hydrogens is 280 g/mol. The van der Waals surface area contributed by atoms with E-state index in [1.807, 2.05) is 19.1 Å². The van der Waals surface area contributed by atoms with Gasteiger partial charge in [0.05, 0.1) is 17.0 Å². The van der Waals surface area contributed by atoms with Crippen molar-refractivity contribution in [2.75, 3.05) is 17.3 Å². The summed E-state index contributed by atoms with van der Waals surface area (Å²) in [5, 5.41) is 16.8. The number of rotatable bonds is 3. The highest BCUT2D eigenvalue weighted by Gasteiger charge is 2.17. The van der Waals surface area contributed by atoms with Crippen LogP contribution in [0.15, 0.2) is 41.5 Å². The first-order valence-electron chi connectivity index (χ1n) is 7.02. The Morgan fingerprint density at radius 2 is 2.14 bits per heavy atom. The lowest BCUT2D eigenvalue weighted by Crippen LogP contribution is -2.21. The molecule has 0 unspecified atom stereocenters. The van der Waals surface area contributed by atoms with Crippen LogP contribution in [0.25, 0.3) is 0 Å². The fraction of sp³-hybridized carbons (Fsp3) is 0.188. The van der Waals surface area contributed by atoms with Gasteiger partial charge in [-0.3, -0.25) is 5.43 Å². The minimum Gasteiger partial charge on any atom is -0.478 e. The lowest BCUT2D eigenvalue weighted by molar-refractivity contribution is 0.0698. The third-order valence-corrected chi connectivity index (χ3v) is 3.47. The number of carboxylic acid groups (broad SMARTS) is 1. The molecule has 0 saturated carbocycles. The molecule has 6 nitrogen and oxygen atoms in total. The molecule has 0 spiro atoms. The van der Waals surface area contributed by atoms with Gasteiger partial charge in [-0.2, -0.15) is 5.10 Å². The van der Waals surface area contributed by atoms with Crippen molar-refractivity contribution in [2.45, 2.75) is 13.3 Å². The SMILES string of the molecule is Cc1ccc2c(n1)NCC/C2=N\Nc1ccccc1C(=O)O. The van der Waals surface area contributed by atoms with Crippen LogP contribution in [0.2, 0.25) is 0 Å². The van der Waals surface area contributed by atoms with Gasteiger partial charge in [-0.1, -0.05) is 12.1 Å². The van der Waals surface area contributed by atoms with Crippen molar-refractivity contribution >= 4 is 23.2 Å². The minimum absolute atomic E-state index is 0.197. The van der Waals surface area contributed by atoms with Crippen molar-refractivity contribution in [1.82, 2.24) is 4.98 Å². The maximum atomic E-state index is 11.2. The Bertz CT molecular complexity index is 756. The number of hydrogen-bond acceptors (Lipinski definition) is 5. The van der Waals surface area contributed by atoms with E-state index in [1.165, 1.54) is 0 Å². The molecule has 0 radical (unpaired) electrons. The molecule has 0 aliphatic carbocycles. The fourth-order valence-corrected chi connectivity index (χ4v) is 2.37. The Balaban J connectivity index is 1.91. The second-order valence-corrected chi connectivity index (χ2v) is 5.05. The molecule has 3 rings (SSSR count). The second-order valence-electron chi connectivity index (χ2n) is 5.05. The van der Waals surface area contributed by atoms with Crippen molar-refractivity contribution in [1.29, 1.82) is 0 Å². The third-order valence-electron chi connectivity index (χ3n) is 3.47. The van der Waals surface area contributed by atoms with Crippen molar-refractivity contribution in [2.24, 2.45) is 5.10 Å². The number of nitrogens with zero attached hydrogens (tertiary/aromatic N) is 2. The van der Waals surface area contributed by atoms with Crippen molar-refractivity contribution < 1.29 is 9.90 Å². The van der Waals surface area contributed by atoms with E-state index in [-0.39, 0.29) is 5.56 Å². The van der Waals surface area contributed by atoms with Crippen LogP contribution in [0, 0.1) is 6.92 Å². The van der Waals surface area contributed by atoms with Gasteiger partial charge in [-0.15, -0.1) is 0 Å². The number of fused-ring (bicyclic) bond motifs is 1. The van der Waals surface area contributed by atoms with E-state index in [0.717, 1.165) is 35.8 Å². The molecule has 2 aromatic rings. The Hall–Kier alpha value is -2.89. The minimum atomic E-state index is -0.980. The number of carboxylic acids is 1. The van der Waals surface area contributed by atoms with Crippen molar-refractivity contribution in [3.05, 3.63) is 53.2 Å². The maximum absolute atomic E-state index is 11.2. The van der Waals surface area contributed by atoms with Crippen LogP contribution in [0.5, 0.6) is 0 Å². The maximum Gasteiger partial charge on any atom is 0.337 e. The number of benzene rings is 1. The van der Waals surface area contributed by atoms with Crippen LogP contribution in [-0.4, -0.2) is 28.3 Å². The summed E-state index contributed by atoms with van der Waals surface area (Å²) in [6.07, 6.45) is 0.750. The predicted molar refractivity (Wildman–Crippen MR) is 85.6 cm³/mol. The molecule has 0 atom stereocenters. The van der Waals surface area contributed by atoms with Crippen LogP contribution in [0.4, 0.5) is 11.5 Å². The summed E-state index contributed by atoms with van der Waals surface area (Å²) in [7, 11) is 0. The molecule has 22 heavy (non-hydrogen) atoms. The number of aryl methyl sites for hydroxylation is 1. The zero-order chi connectivity index (χ0) is 15.5. The lowest BCUT2D eigenvalue weighted by atomic mass is 10.0. The van der Waals surface area contributed by atoms with Gasteiger partial charge in [0.1, 0.15) is 5.82 Å². The van der Waals surface area contributed by atoms with Crippen LogP contribution < -0.4 is 10.7 Å². The Kier molecular flexibility index (Phi) is 3.74. The summed E-state index contributed by atoms with van der Waals surface area (Å²) in [5.74, 6) is -0.162. The van der Waals surface area contributed by atoms with Crippen LogP contribution in [0.1, 0.15) is 28.0 Å². The monoisotopic (exact) mass is 296 g/mol. The first kappa shape index (κ1) is 14.1. The normalized spacial score (nSPS) is 15.0. The first-order chi connectivity index (χ1) is 10.6. The van der Waals surface area contributed by atoms with Crippen LogP contribution in [0.3, 0.4) is 0 Å². The smallest absolute Gasteiger partial charge is 0.337 e. The number of pyridine rings is 1. The molecule has 0 bridgehead atoms. The summed E-state index contributed by atoms with van der Waals surface area (Å²) < 4.78 is 0. The topological polar surface area (TPSA) is 86.6 Å². The van der Waals surface area contributed by atoms with Crippen LogP contribution >= 0.6 is 0 Å². The molecule has 1 aromatic carbocycles. The van der Waals surface area contributed by atoms with Crippen molar-refractivity contribution in [3.63, 3.8) is 0 Å². The van der Waals surface area contributed by atoms with E-state index in [9.17, 15) is 9.90 Å². The second kappa shape index (κ2) is 5.85. The molecule has 1 aliphatic heterocycles. The van der Waals surface area contributed by atoms with E-state index >= 15 is 0 Å². The quantitative estimate of drug-likeness (QED) is 0.758. The van der Waals surface area contributed by atoms with E-state index < -0.39 is 5.97 Å². The van der Waals surface area contributed by atoms with Gasteiger partial charge in [0.15, 0.2) is 0 Å². The Labute approximate surface area is 127 Å². The van der Waals surface area contributed by atoms with Gasteiger partial charge in [0.2, 0.25) is 0 Å². The highest BCUT2D eigenvalue weighted by Crippen LogP contribution is 2.21. The Morgan fingerprint density at radius 3 is 2.95 bits per heavy atom. The summed E-state index contributed by atoms with van der Waals surface area (Å²) in [6.45, 7) is 2.69. The Morgan fingerprint density at radius 1 is 1.32 bits per heavy atom. The van der Waals surface area contributed by atoms with Gasteiger partial charge < -0.3 is 10.4 Å². The molecule has 6 heteroatoms. The van der Waals surface area contributed by atoms with E-state index in [0.29, 0.717) is 5.69 Å². The summed E-state index contributed by atoms with van der Waals surface area (Å²) in [4.78, 5) is 15.7. The van der Waals surface area contributed by atoms with Gasteiger partial charge >= 0.3 is 5.97 Å². The van der Waals surface area contributed by atoms with Gasteiger partial charge in [0.25, 0.3) is 0 Å². The average Bonchev–Trinajstić information content (AvgIpc) is 2.52. The third kappa shape index (κ3) is 2.76. The van der Waals surface area contributed by atoms with E-state index in [1.54, 1.807) is 24.3 Å². The highest BCUT2D eigenvalue weighted by molar-refractivity contribution is 6.06. The molecule has 1 aromatic heterocycles. The zero-order valence-corrected chi connectivity index (χ0v) is 12.1. The summed E-state index contributed by atoms with van der Waals surface area (Å²) in [5.41, 5.74) is 6.29. The standard InChI is InChI=1S/C16H16N4O2/c1-10-6-7-11-14(8-9-17-15(11)18-10)20-19-13-5-3-2-4-12(13)16(21)22/h2-7,19H,8-9H2,1H3,(H,17,18)(H,21,22)/b20-14+. The van der Waals surface area contributed by atoms with Gasteiger partial charge in [-0.05, 0) is 31.2 Å². The molecule has 1 aliphatic rings. The number of anilines is 2. The van der Waals surface area contributed by atoms with Gasteiger partial charge in [-0.25, -0.2) is 9.78 Å². The van der Waals surface area contributed by atoms with E-state index in [4.69, 9.17) is 0 Å². The number of hydrazone groups is 1. The summed E-state index contributed by atoms with van der Waals surface area (Å²) >= 11 is 0. The van der Waals surface area contributed by atoms with E-state index in [2.05, 4.69) is 20.8 Å². The molecule has 0 saturated heterocycles. The van der Waals surface area contributed by atoms with Crippen LogP contribution in [-0.2, 0) is 0 Å². The molecule has 0 amide bonds. The molecule has 2 heterocycles. The largest absolute Gasteiger partial charge is 0.478 e. The number of hydrogen-bond donors (Lipinski definition) is 3. The highest BCUT2D eigenvalue weighted by atomic mass is 16.4. The first-order valence-corrected chi connectivity index (χ1v) is 7.02. The number of para-hydroxylation sites is 1. The molecule has 112 valence electrons. The zero-order valence-electron chi connectivity index (χ0n) is 12.1. The van der Waals surface area contributed by atoms with Crippen molar-refractivity contribution in [3.8, 4) is 0 Å². The predicted octanol–water partition coefficient (Wildman–Crippen LogP) is 2.72. The lowest BCUT2D eigenvalue weighted by Gasteiger charge is -2.19. The number of aromatic carboxylic acids is 1. The molecule has 3 N–H and O–H groups in total. The number of nitrogens with one attached hydrogen (secondary N) is 2. The molecular formula is C16H16N4O2.